The molecule has 12 aromatic carbocycles. The minimum atomic E-state index is -0.357. The Morgan fingerprint density at radius 2 is 0.331 bits per heavy atom. The maximum Gasteiger partial charge on any atom is 0.258 e. The van der Waals surface area contributed by atoms with Crippen LogP contribution in [-0.4, -0.2) is 94.5 Å². The molecule has 0 N–H and O–H groups in total. The first kappa shape index (κ1) is 95.4. The topological polar surface area (TPSA) is 299 Å². The van der Waals surface area contributed by atoms with E-state index < -0.39 is 0 Å². The Morgan fingerprint density at radius 1 is 0.141 bits per heavy atom. The number of carbonyl (C=O) groups excluding carboxylic acids is 16. The molecule has 0 atom stereocenters. The maximum atomic E-state index is 12.1. The first-order valence-corrected chi connectivity index (χ1v) is 45.7. The fourth-order valence-corrected chi connectivity index (χ4v) is 19.0. The van der Waals surface area contributed by atoms with E-state index in [2.05, 4.69) is 123 Å². The van der Waals surface area contributed by atoms with Crippen molar-refractivity contribution in [2.45, 2.75) is 92.9 Å². The molecule has 8 heterocycles. The van der Waals surface area contributed by atoms with Crippen LogP contribution in [0.2, 0.25) is 0 Å². The van der Waals surface area contributed by atoms with Gasteiger partial charge in [0.2, 0.25) is 0 Å². The number of nitrogens with zero attached hydrogens (tertiary/aromatic N) is 8. The lowest BCUT2D eigenvalue weighted by molar-refractivity contribution is -0.121. The van der Waals surface area contributed by atoms with Gasteiger partial charge in [0.1, 0.15) is 0 Å². The number of rotatable bonds is 20. The quantitative estimate of drug-likeness (QED) is 0.0506. The van der Waals surface area contributed by atoms with Gasteiger partial charge in [-0.25, -0.2) is 39.2 Å². The minimum Gasteiger partial charge on any atom is -0.269 e. The molecule has 700 valence electrons. The molecule has 16 amide bonds. The van der Waals surface area contributed by atoms with Crippen molar-refractivity contribution in [1.29, 1.82) is 0 Å². The van der Waals surface area contributed by atoms with Gasteiger partial charge in [0.05, 0.1) is 45.5 Å². The van der Waals surface area contributed by atoms with Crippen molar-refractivity contribution >= 4 is 140 Å². The third-order valence-electron chi connectivity index (χ3n) is 26.2. The van der Waals surface area contributed by atoms with Crippen molar-refractivity contribution in [3.8, 4) is 0 Å². The number of amides is 16. The summed E-state index contributed by atoms with van der Waals surface area (Å²) in [6, 6.07) is 80.5. The Morgan fingerprint density at radius 3 is 0.563 bits per heavy atom. The number of carbonyl (C=O) groups is 16. The molecule has 8 aliphatic rings. The number of anilines is 8. The summed E-state index contributed by atoms with van der Waals surface area (Å²) in [6.07, 6.45) is 20.3. The zero-order valence-corrected chi connectivity index (χ0v) is 78.9. The van der Waals surface area contributed by atoms with Gasteiger partial charge in [-0.15, -0.1) is 0 Å². The van der Waals surface area contributed by atoms with Crippen LogP contribution in [0, 0.1) is 69.2 Å². The van der Waals surface area contributed by atoms with Crippen molar-refractivity contribution in [2.75, 3.05) is 39.2 Å². The van der Waals surface area contributed by atoms with E-state index in [0.717, 1.165) is 134 Å². The highest BCUT2D eigenvalue weighted by molar-refractivity contribution is 6.33. The van der Waals surface area contributed by atoms with Gasteiger partial charge in [0, 0.05) is 121 Å². The lowest BCUT2D eigenvalue weighted by Crippen LogP contribution is -2.29. The third-order valence-corrected chi connectivity index (χ3v) is 26.2. The third kappa shape index (κ3) is 19.2. The molecule has 24 nitrogen and oxygen atoms in total. The summed E-state index contributed by atoms with van der Waals surface area (Å²) in [5, 5.41) is 0. The van der Waals surface area contributed by atoms with E-state index in [0.29, 0.717) is 45.5 Å². The molecule has 0 bridgehead atoms. The Bertz CT molecular complexity index is 7120. The monoisotopic (exact) mass is 1880 g/mol. The van der Waals surface area contributed by atoms with Gasteiger partial charge in [-0.2, -0.15) is 0 Å². The number of benzene rings is 12. The van der Waals surface area contributed by atoms with Crippen LogP contribution in [0.5, 0.6) is 0 Å². The molecule has 0 aromatic heterocycles. The second kappa shape index (κ2) is 39.8. The first-order valence-electron chi connectivity index (χ1n) is 45.7. The lowest BCUT2D eigenvalue weighted by atomic mass is 9.80. The predicted octanol–water partition coefficient (Wildman–Crippen LogP) is 18.0. The molecule has 12 aromatic rings. The molecule has 0 radical (unpaired) electrons. The second-order valence-electron chi connectivity index (χ2n) is 35.5. The number of hydrogen-bond donors (Lipinski definition) is 0. The molecule has 0 saturated heterocycles. The van der Waals surface area contributed by atoms with Gasteiger partial charge < -0.3 is 0 Å². The van der Waals surface area contributed by atoms with E-state index in [4.69, 9.17) is 0 Å². The van der Waals surface area contributed by atoms with E-state index in [9.17, 15) is 76.7 Å². The molecule has 0 aliphatic carbocycles. The van der Waals surface area contributed by atoms with Gasteiger partial charge >= 0.3 is 0 Å². The lowest BCUT2D eigenvalue weighted by Gasteiger charge is -2.25. The van der Waals surface area contributed by atoms with Crippen molar-refractivity contribution < 1.29 is 76.7 Å². The van der Waals surface area contributed by atoms with Gasteiger partial charge in [0.25, 0.3) is 94.5 Å². The maximum absolute atomic E-state index is 12.1. The van der Waals surface area contributed by atoms with Gasteiger partial charge in [-0.05, 0) is 278 Å². The van der Waals surface area contributed by atoms with Gasteiger partial charge in [0.15, 0.2) is 0 Å². The standard InChI is InChI=1S/2C30H24N2O4.2C29H22N2O4/c1-18-16-20(3)25(17-19(18)2)30(21-4-8-23(9-5-21)31-26(33)12-13-27(31)34)22-6-10-24(11-7-22)32-28(35)14-15-29(32)36;1-18-16-19(2)29(20(3)17-18)30(21-4-8-23(9-5-21)31-25(33)12-13-26(31)34)22-6-10-24(11-7-22)32-27(35)14-15-28(32)36;1-18-3-12-24(19(2)17-18)29(20-4-8-22(9-5-20)30-25(32)13-14-26(30)33)21-6-10-23(11-7-21)31-27(34)15-16-28(31)35;1-18-3-4-22(17-19(18)2)29(20-5-9-23(10-6-20)30-25(32)13-14-26(30)33)21-7-11-24(12-8-21)31-27(34)15-16-28(31)35/h2*4-17,30H,1-3H3;2*3-17,29H,1-2H3. The fourth-order valence-electron chi connectivity index (χ4n) is 19.0. The van der Waals surface area contributed by atoms with Crippen molar-refractivity contribution in [2.24, 2.45) is 0 Å². The molecule has 8 aliphatic heterocycles. The largest absolute Gasteiger partial charge is 0.269 e. The Kier molecular flexibility index (Phi) is 26.7. The molecular weight excluding hydrogens is 1790 g/mol. The van der Waals surface area contributed by atoms with Crippen LogP contribution < -0.4 is 39.2 Å². The average Bonchev–Trinajstić information content (AvgIpc) is 1.13. The molecule has 0 unspecified atom stereocenters. The van der Waals surface area contributed by atoms with Crippen LogP contribution in [0.25, 0.3) is 0 Å². The zero-order chi connectivity index (χ0) is 100. The summed E-state index contributed by atoms with van der Waals surface area (Å²) < 4.78 is 0. The number of imide groups is 8. The average molecular weight is 1880 g/mol. The summed E-state index contributed by atoms with van der Waals surface area (Å²) >= 11 is 0. The van der Waals surface area contributed by atoms with Gasteiger partial charge in [-0.1, -0.05) is 169 Å². The SMILES string of the molecule is Cc1cc(C)c(C(c2ccc(N3C(=O)C=CC3=O)cc2)c2ccc(N3C(=O)C=CC3=O)cc2)c(C)c1.Cc1cc(C)c(C(c2ccc(N3C(=O)C=CC3=O)cc2)c2ccc(N3C(=O)C=CC3=O)cc2)cc1C.Cc1ccc(C(c2ccc(N3C(=O)C=CC3=O)cc2)c2ccc(N3C(=O)C=CC3=O)cc2)c(C)c1.Cc1ccc(C(c2ccc(N3C(=O)C=CC3=O)cc2)c2ccc(N3C(=O)C=CC3=O)cc2)cc1C. The zero-order valence-electron chi connectivity index (χ0n) is 78.9. The van der Waals surface area contributed by atoms with E-state index in [-0.39, 0.29) is 118 Å². The smallest absolute Gasteiger partial charge is 0.258 e. The first-order chi connectivity index (χ1) is 68.1. The molecule has 24 heteroatoms. The summed E-state index contributed by atoms with van der Waals surface area (Å²) in [5.41, 5.74) is 28.1. The highest BCUT2D eigenvalue weighted by atomic mass is 16.2. The Hall–Kier alpha value is -18.3. The molecular formula is C118H92N8O16. The molecule has 0 fully saturated rings. The van der Waals surface area contributed by atoms with Gasteiger partial charge in [-0.3, -0.25) is 76.7 Å². The molecule has 0 saturated carbocycles. The fraction of sp³-hybridized carbons (Fsp3) is 0.119. The molecule has 142 heavy (non-hydrogen) atoms. The second-order valence-corrected chi connectivity index (χ2v) is 35.5. The van der Waals surface area contributed by atoms with Crippen molar-refractivity contribution in [3.63, 3.8) is 0 Å². The van der Waals surface area contributed by atoms with E-state index >= 15 is 0 Å². The van der Waals surface area contributed by atoms with Crippen LogP contribution in [0.4, 0.5) is 45.5 Å². The highest BCUT2D eigenvalue weighted by Gasteiger charge is 2.36. The molecule has 20 rings (SSSR count). The molecule has 0 spiro atoms. The van der Waals surface area contributed by atoms with Crippen LogP contribution in [0.1, 0.15) is 146 Å². The predicted molar refractivity (Wildman–Crippen MR) is 542 cm³/mol. The summed E-state index contributed by atoms with van der Waals surface area (Å²) in [7, 11) is 0. The summed E-state index contributed by atoms with van der Waals surface area (Å²) in [4.78, 5) is 203. The minimum absolute atomic E-state index is 0.134. The van der Waals surface area contributed by atoms with E-state index in [1.165, 1.54) is 125 Å². The number of aryl methyl sites for hydroxylation is 10. The Labute approximate surface area is 818 Å². The van der Waals surface area contributed by atoms with Crippen LogP contribution >= 0.6 is 0 Å². The normalized spacial score (nSPS) is 15.3. The summed E-state index contributed by atoms with van der Waals surface area (Å²) in [5.74, 6) is -6.25. The van der Waals surface area contributed by atoms with Crippen LogP contribution in [0.15, 0.2) is 352 Å². The van der Waals surface area contributed by atoms with Crippen molar-refractivity contribution in [1.82, 2.24) is 0 Å². The highest BCUT2D eigenvalue weighted by Crippen LogP contribution is 2.44. The Balaban J connectivity index is 0.000000130. The van der Waals surface area contributed by atoms with E-state index in [1.54, 1.807) is 97.1 Å². The van der Waals surface area contributed by atoms with Crippen LogP contribution in [0.3, 0.4) is 0 Å². The van der Waals surface area contributed by atoms with Crippen LogP contribution in [-0.2, 0) is 76.7 Å². The van der Waals surface area contributed by atoms with E-state index in [1.807, 2.05) is 104 Å². The summed E-state index contributed by atoms with van der Waals surface area (Å²) in [6.45, 7) is 20.7. The van der Waals surface area contributed by atoms with Crippen molar-refractivity contribution in [3.05, 3.63) is 474 Å². The number of hydrogen-bond acceptors (Lipinski definition) is 16.